The van der Waals surface area contributed by atoms with Crippen LogP contribution in [0.3, 0.4) is 0 Å². The first-order valence-electron chi connectivity index (χ1n) is 4.13. The second-order valence-electron chi connectivity index (χ2n) is 2.87. The second-order valence-corrected chi connectivity index (χ2v) is 4.75. The Morgan fingerprint density at radius 1 is 1.40 bits per heavy atom. The predicted octanol–water partition coefficient (Wildman–Crippen LogP) is 3.58. The van der Waals surface area contributed by atoms with E-state index in [2.05, 4.69) is 42.2 Å². The Morgan fingerprint density at radius 2 is 2.20 bits per heavy atom. The zero-order valence-electron chi connectivity index (χ0n) is 7.49. The van der Waals surface area contributed by atoms with Crippen LogP contribution in [-0.4, -0.2) is 15.0 Å². The van der Waals surface area contributed by atoms with Gasteiger partial charge in [-0.3, -0.25) is 0 Å². The Balaban J connectivity index is 2.54. The number of hydrogen-bond donors (Lipinski definition) is 0. The minimum atomic E-state index is 0.636. The first kappa shape index (κ1) is 11.1. The molecule has 0 aliphatic heterocycles. The maximum Gasteiger partial charge on any atom is 0.0854 e. The Bertz CT molecular complexity index is 484. The second kappa shape index (κ2) is 4.63. The normalized spacial score (nSPS) is 10.6. The molecule has 0 saturated carbocycles. The number of aromatic nitrogens is 3. The third kappa shape index (κ3) is 2.24. The van der Waals surface area contributed by atoms with E-state index in [1.165, 1.54) is 0 Å². The van der Waals surface area contributed by atoms with Gasteiger partial charge in [-0.05, 0) is 18.2 Å². The third-order valence-corrected chi connectivity index (χ3v) is 3.27. The molecule has 1 aromatic carbocycles. The minimum Gasteiger partial charge on any atom is -0.215 e. The molecule has 15 heavy (non-hydrogen) atoms. The zero-order chi connectivity index (χ0) is 10.8. The van der Waals surface area contributed by atoms with Crippen molar-refractivity contribution < 1.29 is 0 Å². The summed E-state index contributed by atoms with van der Waals surface area (Å²) in [7, 11) is 0. The molecule has 1 heterocycles. The molecule has 0 fully saturated rings. The summed E-state index contributed by atoms with van der Waals surface area (Å²) in [5.41, 5.74) is 1.78. The average molecular weight is 351 g/mol. The fourth-order valence-electron chi connectivity index (χ4n) is 1.20. The SMILES string of the molecule is Clc1cc(Br)ccc1-n1nncc1CBr. The monoisotopic (exact) mass is 349 g/mol. The van der Waals surface area contributed by atoms with E-state index in [9.17, 15) is 0 Å². The van der Waals surface area contributed by atoms with Crippen LogP contribution in [0.1, 0.15) is 5.69 Å². The molecule has 0 atom stereocenters. The summed E-state index contributed by atoms with van der Waals surface area (Å²) in [5, 5.41) is 9.15. The number of halogens is 3. The van der Waals surface area contributed by atoms with E-state index >= 15 is 0 Å². The van der Waals surface area contributed by atoms with Crippen LogP contribution in [0.4, 0.5) is 0 Å². The summed E-state index contributed by atoms with van der Waals surface area (Å²) in [5.74, 6) is 0. The molecule has 6 heteroatoms. The van der Waals surface area contributed by atoms with Crippen molar-refractivity contribution in [3.63, 3.8) is 0 Å². The molecule has 0 N–H and O–H groups in total. The van der Waals surface area contributed by atoms with E-state index in [1.54, 1.807) is 10.9 Å². The number of alkyl halides is 1. The van der Waals surface area contributed by atoms with Crippen molar-refractivity contribution in [2.75, 3.05) is 0 Å². The summed E-state index contributed by atoms with van der Waals surface area (Å²) in [6, 6.07) is 5.64. The van der Waals surface area contributed by atoms with Gasteiger partial charge in [0.15, 0.2) is 0 Å². The molecule has 0 aliphatic rings. The molecule has 0 amide bonds. The van der Waals surface area contributed by atoms with Crippen LogP contribution in [0, 0.1) is 0 Å². The maximum atomic E-state index is 6.12. The van der Waals surface area contributed by atoms with E-state index < -0.39 is 0 Å². The number of rotatable bonds is 2. The fourth-order valence-corrected chi connectivity index (χ4v) is 2.34. The third-order valence-electron chi connectivity index (χ3n) is 1.89. The Hall–Kier alpha value is -0.390. The highest BCUT2D eigenvalue weighted by atomic mass is 79.9. The van der Waals surface area contributed by atoms with Gasteiger partial charge in [0.2, 0.25) is 0 Å². The van der Waals surface area contributed by atoms with E-state index in [1.807, 2.05) is 18.2 Å². The molecule has 0 aliphatic carbocycles. The van der Waals surface area contributed by atoms with Gasteiger partial charge in [-0.2, -0.15) is 0 Å². The first-order valence-corrected chi connectivity index (χ1v) is 6.42. The van der Waals surface area contributed by atoms with Gasteiger partial charge in [0.25, 0.3) is 0 Å². The van der Waals surface area contributed by atoms with Crippen molar-refractivity contribution >= 4 is 43.5 Å². The van der Waals surface area contributed by atoms with Crippen LogP contribution in [0.25, 0.3) is 5.69 Å². The van der Waals surface area contributed by atoms with Crippen molar-refractivity contribution in [2.24, 2.45) is 0 Å². The molecule has 0 saturated heterocycles. The van der Waals surface area contributed by atoms with Crippen molar-refractivity contribution in [3.8, 4) is 5.69 Å². The summed E-state index contributed by atoms with van der Waals surface area (Å²) >= 11 is 12.8. The molecule has 1 aromatic heterocycles. The van der Waals surface area contributed by atoms with Crippen LogP contribution in [-0.2, 0) is 5.33 Å². The van der Waals surface area contributed by atoms with Gasteiger partial charge in [0, 0.05) is 9.80 Å². The van der Waals surface area contributed by atoms with Crippen LogP contribution in [0.15, 0.2) is 28.9 Å². The van der Waals surface area contributed by atoms with Crippen LogP contribution < -0.4 is 0 Å². The summed E-state index contributed by atoms with van der Waals surface area (Å²) < 4.78 is 2.65. The average Bonchev–Trinajstić information content (AvgIpc) is 2.65. The fraction of sp³-hybridized carbons (Fsp3) is 0.111. The molecule has 2 aromatic rings. The predicted molar refractivity (Wildman–Crippen MR) is 66.7 cm³/mol. The van der Waals surface area contributed by atoms with Crippen molar-refractivity contribution in [1.29, 1.82) is 0 Å². The standard InChI is InChI=1S/C9H6Br2ClN3/c10-4-7-5-13-14-15(7)9-2-1-6(11)3-8(9)12/h1-3,5H,4H2. The molecule has 0 spiro atoms. The van der Waals surface area contributed by atoms with Crippen molar-refractivity contribution in [1.82, 2.24) is 15.0 Å². The number of benzene rings is 1. The highest BCUT2D eigenvalue weighted by molar-refractivity contribution is 9.10. The lowest BCUT2D eigenvalue weighted by molar-refractivity contribution is 0.783. The topological polar surface area (TPSA) is 30.7 Å². The molecule has 0 bridgehead atoms. The van der Waals surface area contributed by atoms with Crippen molar-refractivity contribution in [3.05, 3.63) is 39.6 Å². The highest BCUT2D eigenvalue weighted by Crippen LogP contribution is 2.25. The zero-order valence-corrected chi connectivity index (χ0v) is 11.4. The van der Waals surface area contributed by atoms with Crippen LogP contribution in [0.2, 0.25) is 5.02 Å². The van der Waals surface area contributed by atoms with E-state index in [-0.39, 0.29) is 0 Å². The van der Waals surface area contributed by atoms with Crippen LogP contribution in [0.5, 0.6) is 0 Å². The van der Waals surface area contributed by atoms with E-state index in [0.717, 1.165) is 15.9 Å². The minimum absolute atomic E-state index is 0.636. The molecule has 0 unspecified atom stereocenters. The first-order chi connectivity index (χ1) is 7.22. The van der Waals surface area contributed by atoms with Gasteiger partial charge in [0.05, 0.1) is 22.6 Å². The van der Waals surface area contributed by atoms with Crippen molar-refractivity contribution in [2.45, 2.75) is 5.33 Å². The maximum absolute atomic E-state index is 6.12. The highest BCUT2D eigenvalue weighted by Gasteiger charge is 2.08. The summed E-state index contributed by atoms with van der Waals surface area (Å²) in [6.45, 7) is 0. The molecular formula is C9H6Br2ClN3. The van der Waals surface area contributed by atoms with E-state index in [4.69, 9.17) is 11.6 Å². The van der Waals surface area contributed by atoms with Gasteiger partial charge in [-0.1, -0.05) is 48.7 Å². The smallest absolute Gasteiger partial charge is 0.0854 e. The number of nitrogens with zero attached hydrogens (tertiary/aromatic N) is 3. The Kier molecular flexibility index (Phi) is 3.43. The molecule has 78 valence electrons. The lowest BCUT2D eigenvalue weighted by atomic mass is 10.3. The molecule has 3 nitrogen and oxygen atoms in total. The molecule has 0 radical (unpaired) electrons. The Labute approximate surface area is 109 Å². The van der Waals surface area contributed by atoms with Gasteiger partial charge in [-0.15, -0.1) is 5.10 Å². The van der Waals surface area contributed by atoms with E-state index in [0.29, 0.717) is 10.4 Å². The lowest BCUT2D eigenvalue weighted by Crippen LogP contribution is -2.01. The van der Waals surface area contributed by atoms with Gasteiger partial charge < -0.3 is 0 Å². The summed E-state index contributed by atoms with van der Waals surface area (Å²) in [6.07, 6.45) is 1.70. The Morgan fingerprint density at radius 3 is 2.87 bits per heavy atom. The van der Waals surface area contributed by atoms with Gasteiger partial charge >= 0.3 is 0 Å². The molecular weight excluding hydrogens is 345 g/mol. The number of hydrogen-bond acceptors (Lipinski definition) is 2. The van der Waals surface area contributed by atoms with Gasteiger partial charge in [0.1, 0.15) is 0 Å². The van der Waals surface area contributed by atoms with Gasteiger partial charge in [-0.25, -0.2) is 4.68 Å². The molecule has 2 rings (SSSR count). The van der Waals surface area contributed by atoms with Crippen LogP contribution >= 0.6 is 43.5 Å². The quantitative estimate of drug-likeness (QED) is 0.775. The lowest BCUT2D eigenvalue weighted by Gasteiger charge is -2.06. The summed E-state index contributed by atoms with van der Waals surface area (Å²) in [4.78, 5) is 0. The largest absolute Gasteiger partial charge is 0.215 e.